The van der Waals surface area contributed by atoms with Gasteiger partial charge in [-0.1, -0.05) is 18.2 Å². The van der Waals surface area contributed by atoms with Crippen LogP contribution in [0.5, 0.6) is 0 Å². The van der Waals surface area contributed by atoms with Gasteiger partial charge in [-0.25, -0.2) is 32.9 Å². The van der Waals surface area contributed by atoms with E-state index in [-0.39, 0.29) is 11.6 Å². The van der Waals surface area contributed by atoms with Gasteiger partial charge in [-0.2, -0.15) is 0 Å². The lowest BCUT2D eigenvalue weighted by Gasteiger charge is -1.88. The summed E-state index contributed by atoms with van der Waals surface area (Å²) >= 11 is 6.44. The molecule has 0 fully saturated rings. The molecule has 0 saturated heterocycles. The third-order valence-electron chi connectivity index (χ3n) is 1.02. The molecule has 0 aliphatic rings. The predicted octanol–water partition coefficient (Wildman–Crippen LogP) is 2.43. The Balaban J connectivity index is 0.000000354. The lowest BCUT2D eigenvalue weighted by molar-refractivity contribution is 0.0697. The summed E-state index contributed by atoms with van der Waals surface area (Å²) in [6, 6.07) is 8.30. The molecule has 0 aromatic heterocycles. The number of rotatable bonds is 1. The minimum atomic E-state index is -0.879. The summed E-state index contributed by atoms with van der Waals surface area (Å²) in [5.74, 6) is -0.879. The van der Waals surface area contributed by atoms with Crippen LogP contribution in [0.4, 0.5) is 0 Å². The molecule has 1 rings (SSSR count). The van der Waals surface area contributed by atoms with Gasteiger partial charge in [-0.3, -0.25) is 0 Å². The first-order chi connectivity index (χ1) is 5.72. The molecule has 64 valence electrons. The Kier molecular flexibility index (Phi) is 7.93. The molecule has 0 atom stereocenters. The first kappa shape index (κ1) is 12.2. The third kappa shape index (κ3) is 5.78. The minimum Gasteiger partial charge on any atom is -0.478 e. The second kappa shape index (κ2) is 7.81. The fourth-order valence-corrected chi connectivity index (χ4v) is 0.581. The average molecular weight is 310 g/mol. The van der Waals surface area contributed by atoms with E-state index in [4.69, 9.17) is 5.11 Å². The maximum Gasteiger partial charge on any atom is 0.435 e. The quantitative estimate of drug-likeness (QED) is 0.809. The highest BCUT2D eigenvalue weighted by Crippen LogP contribution is 1.96. The van der Waals surface area contributed by atoms with Crippen LogP contribution >= 0.6 is 28.1 Å². The normalized spacial score (nSPS) is 7.83. The Morgan fingerprint density at radius 3 is 1.92 bits per heavy atom. The van der Waals surface area contributed by atoms with E-state index in [1.165, 1.54) is 0 Å². The van der Waals surface area contributed by atoms with Crippen molar-refractivity contribution in [2.45, 2.75) is 0 Å². The van der Waals surface area contributed by atoms with Crippen molar-refractivity contribution in [1.82, 2.24) is 0 Å². The van der Waals surface area contributed by atoms with Crippen LogP contribution in [0.15, 0.2) is 30.3 Å². The Hall–Kier alpha value is 0.182. The fourth-order valence-electron chi connectivity index (χ4n) is 0.581. The van der Waals surface area contributed by atoms with Crippen LogP contribution in [0.3, 0.4) is 0 Å². The van der Waals surface area contributed by atoms with Gasteiger partial charge in [0.15, 0.2) is 0 Å². The maximum atomic E-state index is 10.2. The van der Waals surface area contributed by atoms with Crippen LogP contribution in [-0.2, 0) is 0 Å². The molecule has 0 saturated carbocycles. The third-order valence-corrected chi connectivity index (χ3v) is 1.02. The van der Waals surface area contributed by atoms with Crippen LogP contribution in [0, 0.1) is 0 Å². The zero-order valence-corrected chi connectivity index (χ0v) is 10.8. The zero-order chi connectivity index (χ0) is 9.40. The van der Waals surface area contributed by atoms with E-state index in [9.17, 15) is 4.79 Å². The Labute approximate surface area is 91.0 Å². The molecule has 5 heteroatoms. The molecular formula is C7H7AlBr2O2. The van der Waals surface area contributed by atoms with Gasteiger partial charge in [-0.15, -0.1) is 0 Å². The molecule has 0 amide bonds. The molecule has 0 heterocycles. The molecule has 1 aromatic rings. The van der Waals surface area contributed by atoms with E-state index >= 15 is 0 Å². The minimum absolute atomic E-state index is 0.0417. The van der Waals surface area contributed by atoms with Gasteiger partial charge in [0.1, 0.15) is 0 Å². The molecule has 1 N–H and O–H groups in total. The standard InChI is InChI=1S/C7H6O2.Al.2BrH.H/c8-7(9)6-4-2-1-3-5-6;;;;/h1-5H,(H,8,9);;2*1H;/q;+2;;;/p-2. The van der Waals surface area contributed by atoms with E-state index in [1.54, 1.807) is 30.3 Å². The number of carboxylic acids is 1. The van der Waals surface area contributed by atoms with Crippen LogP contribution in [0.1, 0.15) is 10.4 Å². The zero-order valence-electron chi connectivity index (χ0n) is 6.21. The van der Waals surface area contributed by atoms with Crippen LogP contribution in [0.2, 0.25) is 0 Å². The first-order valence-electron chi connectivity index (χ1n) is 3.12. The Morgan fingerprint density at radius 1 is 1.25 bits per heavy atom. The summed E-state index contributed by atoms with van der Waals surface area (Å²) < 4.78 is 0. The lowest BCUT2D eigenvalue weighted by Crippen LogP contribution is -1.93. The fraction of sp³-hybridized carbons (Fsp3) is 0. The Morgan fingerprint density at radius 2 is 1.67 bits per heavy atom. The SMILES string of the molecule is O=C(O)c1ccccc1.[Br][AlH][Br]. The number of hydrogen-bond acceptors (Lipinski definition) is 1. The molecule has 0 radical (unpaired) electrons. The molecule has 0 unspecified atom stereocenters. The molecule has 1 aromatic carbocycles. The highest BCUT2D eigenvalue weighted by Gasteiger charge is 1.96. The second-order valence-electron chi connectivity index (χ2n) is 1.77. The van der Waals surface area contributed by atoms with Crippen molar-refractivity contribution in [2.75, 3.05) is 0 Å². The summed E-state index contributed by atoms with van der Waals surface area (Å²) in [6.45, 7) is 0. The maximum absolute atomic E-state index is 10.2. The summed E-state index contributed by atoms with van der Waals surface area (Å²) in [5.41, 5.74) is 0.331. The van der Waals surface area contributed by atoms with E-state index in [1.807, 2.05) is 0 Å². The second-order valence-corrected chi connectivity index (χ2v) is 9.85. The number of carbonyl (C=O) groups is 1. The van der Waals surface area contributed by atoms with Crippen molar-refractivity contribution in [2.24, 2.45) is 0 Å². The van der Waals surface area contributed by atoms with E-state index in [0.717, 1.165) is 0 Å². The number of carboxylic acid groups (broad SMARTS) is 1. The molecule has 12 heavy (non-hydrogen) atoms. The molecule has 2 nitrogen and oxygen atoms in total. The first-order valence-corrected chi connectivity index (χ1v) is 10.9. The van der Waals surface area contributed by atoms with Gasteiger partial charge in [-0.05, 0) is 12.1 Å². The average Bonchev–Trinajstić information content (AvgIpc) is 2.07. The van der Waals surface area contributed by atoms with Crippen LogP contribution in [-0.4, -0.2) is 22.6 Å². The van der Waals surface area contributed by atoms with Crippen molar-refractivity contribution in [3.05, 3.63) is 35.9 Å². The van der Waals surface area contributed by atoms with Crippen molar-refractivity contribution in [3.8, 4) is 0 Å². The highest BCUT2D eigenvalue weighted by atomic mass is 79.9. The number of halogens is 2. The summed E-state index contributed by atoms with van der Waals surface area (Å²) in [4.78, 5) is 10.2. The molecule has 0 aliphatic heterocycles. The summed E-state index contributed by atoms with van der Waals surface area (Å²) in [7, 11) is 0. The monoisotopic (exact) mass is 308 g/mol. The number of benzene rings is 1. The predicted molar refractivity (Wildman–Crippen MR) is 58.4 cm³/mol. The van der Waals surface area contributed by atoms with Gasteiger partial charge in [0.25, 0.3) is 0 Å². The van der Waals surface area contributed by atoms with Crippen molar-refractivity contribution in [1.29, 1.82) is 0 Å². The highest BCUT2D eigenvalue weighted by molar-refractivity contribution is 9.47. The summed E-state index contributed by atoms with van der Waals surface area (Å²) in [5, 5.41) is 8.38. The molecule has 0 spiro atoms. The van der Waals surface area contributed by atoms with Gasteiger partial charge in [0, 0.05) is 0 Å². The summed E-state index contributed by atoms with van der Waals surface area (Å²) in [6.07, 6.45) is 0. The van der Waals surface area contributed by atoms with E-state index in [0.29, 0.717) is 5.56 Å². The number of aromatic carboxylic acids is 1. The topological polar surface area (TPSA) is 37.3 Å². The van der Waals surface area contributed by atoms with Crippen LogP contribution < -0.4 is 0 Å². The van der Waals surface area contributed by atoms with Crippen molar-refractivity contribution < 1.29 is 9.90 Å². The molecule has 0 bridgehead atoms. The van der Waals surface area contributed by atoms with E-state index in [2.05, 4.69) is 28.1 Å². The largest absolute Gasteiger partial charge is 0.478 e. The molecular weight excluding hydrogens is 303 g/mol. The lowest BCUT2D eigenvalue weighted by atomic mass is 10.2. The number of hydrogen-bond donors (Lipinski definition) is 1. The Bertz CT molecular complexity index is 228. The van der Waals surface area contributed by atoms with Crippen molar-refractivity contribution >= 4 is 45.6 Å². The van der Waals surface area contributed by atoms with Gasteiger partial charge in [0.05, 0.1) is 5.56 Å². The molecule has 0 aliphatic carbocycles. The van der Waals surface area contributed by atoms with Crippen LogP contribution in [0.25, 0.3) is 0 Å². The van der Waals surface area contributed by atoms with Gasteiger partial charge >= 0.3 is 17.5 Å². The van der Waals surface area contributed by atoms with Crippen molar-refractivity contribution in [3.63, 3.8) is 0 Å². The van der Waals surface area contributed by atoms with E-state index < -0.39 is 5.97 Å². The smallest absolute Gasteiger partial charge is 0.435 e. The van der Waals surface area contributed by atoms with Gasteiger partial charge < -0.3 is 5.11 Å². The van der Waals surface area contributed by atoms with Gasteiger partial charge in [0.2, 0.25) is 0 Å².